The summed E-state index contributed by atoms with van der Waals surface area (Å²) in [4.78, 5) is 103. The molecule has 12 amide bonds. The van der Waals surface area contributed by atoms with Crippen molar-refractivity contribution in [3.8, 4) is 23.0 Å². The molecule has 68 heavy (non-hydrogen) atoms. The molecule has 4 aromatic rings. The third kappa shape index (κ3) is 12.8. The standard InChI is InChI=1S/C42H44N12O14/c1-41(2)65-29-30(66-41)34(56)48-52-38(60)44-22-7-15-26(16-8-22)64-28-19-11-24(12-20-28)46-40(62)54-50-36(58)32-31(67-42(3,4)68-32)35(57)49-53-39(61)45-23-9-17-27(18-10-23)63-25-13-5-21(6-14-25)43-37(59)51-47-33(29)55/h5-20,29-32H,1-4H3,(H,47,55)(H,48,56)(H,49,57)(H,50,58)(H2,43,51,59)(H2,44,52,60)(H2,45,53,61)(H2,46,54,62)/t29-,30-,31-,32-/m1/s1. The van der Waals surface area contributed by atoms with Crippen LogP contribution in [0, 0.1) is 0 Å². The summed E-state index contributed by atoms with van der Waals surface area (Å²) < 4.78 is 34.1. The van der Waals surface area contributed by atoms with E-state index in [0.29, 0.717) is 45.7 Å². The number of hydrogen-bond donors (Lipinski definition) is 12. The van der Waals surface area contributed by atoms with Crippen molar-refractivity contribution >= 4 is 70.5 Å². The maximum Gasteiger partial charge on any atom is 0.337 e. The second kappa shape index (κ2) is 20.2. The van der Waals surface area contributed by atoms with Crippen molar-refractivity contribution in [2.45, 2.75) is 63.7 Å². The summed E-state index contributed by atoms with van der Waals surface area (Å²) >= 11 is 0. The molecule has 2 saturated heterocycles. The zero-order valence-electron chi connectivity index (χ0n) is 36.3. The van der Waals surface area contributed by atoms with E-state index in [-0.39, 0.29) is 0 Å². The summed E-state index contributed by atoms with van der Waals surface area (Å²) in [6.07, 6.45) is -6.19. The number of hydrazine groups is 4. The molecule has 0 aromatic heterocycles. The Kier molecular flexibility index (Phi) is 14.0. The summed E-state index contributed by atoms with van der Waals surface area (Å²) in [7, 11) is 0. The lowest BCUT2D eigenvalue weighted by Gasteiger charge is -2.17. The number of anilines is 4. The van der Waals surface area contributed by atoms with Crippen LogP contribution >= 0.6 is 0 Å². The Morgan fingerprint density at radius 3 is 0.691 bits per heavy atom. The van der Waals surface area contributed by atoms with Gasteiger partial charge in [0.2, 0.25) is 0 Å². The van der Waals surface area contributed by atoms with E-state index in [1.807, 2.05) is 0 Å². The smallest absolute Gasteiger partial charge is 0.337 e. The lowest BCUT2D eigenvalue weighted by Crippen LogP contribution is -2.55. The number of hydrogen-bond acceptors (Lipinski definition) is 14. The number of rotatable bonds is 0. The van der Waals surface area contributed by atoms with Crippen molar-refractivity contribution in [3.63, 3.8) is 0 Å². The highest BCUT2D eigenvalue weighted by atomic mass is 16.8. The van der Waals surface area contributed by atoms with Crippen molar-refractivity contribution in [3.05, 3.63) is 97.1 Å². The van der Waals surface area contributed by atoms with Gasteiger partial charge in [-0.05, 0) is 125 Å². The molecule has 0 aliphatic carbocycles. The summed E-state index contributed by atoms with van der Waals surface area (Å²) in [5, 5.41) is 10.1. The van der Waals surface area contributed by atoms with Crippen molar-refractivity contribution < 1.29 is 66.8 Å². The molecule has 26 heteroatoms. The van der Waals surface area contributed by atoms with Gasteiger partial charge >= 0.3 is 24.1 Å². The molecule has 8 bridgehead atoms. The summed E-state index contributed by atoms with van der Waals surface area (Å²) in [6.45, 7) is 5.87. The van der Waals surface area contributed by atoms with E-state index < -0.39 is 83.7 Å². The van der Waals surface area contributed by atoms with E-state index in [2.05, 4.69) is 64.7 Å². The Balaban J connectivity index is 1.01. The van der Waals surface area contributed by atoms with Gasteiger partial charge in [0.25, 0.3) is 23.6 Å². The van der Waals surface area contributed by atoms with Gasteiger partial charge in [-0.3, -0.25) is 40.9 Å². The minimum Gasteiger partial charge on any atom is -0.457 e. The molecule has 2 fully saturated rings. The molecular weight excluding hydrogens is 897 g/mol. The van der Waals surface area contributed by atoms with E-state index in [1.165, 1.54) is 76.2 Å². The molecule has 4 aromatic carbocycles. The van der Waals surface area contributed by atoms with Gasteiger partial charge in [0.15, 0.2) is 36.0 Å². The molecule has 9 aliphatic rings. The quantitative estimate of drug-likeness (QED) is 0.121. The predicted molar refractivity (Wildman–Crippen MR) is 235 cm³/mol. The normalized spacial score (nSPS) is 22.5. The van der Waals surface area contributed by atoms with Crippen molar-refractivity contribution in [2.24, 2.45) is 0 Å². The first-order valence-corrected chi connectivity index (χ1v) is 20.3. The minimum atomic E-state index is -1.55. The third-order valence-electron chi connectivity index (χ3n) is 9.34. The highest BCUT2D eigenvalue weighted by Gasteiger charge is 2.50. The maximum absolute atomic E-state index is 13.1. The fourth-order valence-electron chi connectivity index (χ4n) is 6.39. The largest absolute Gasteiger partial charge is 0.457 e. The van der Waals surface area contributed by atoms with Crippen LogP contribution < -0.4 is 74.1 Å². The molecule has 4 atom stereocenters. The monoisotopic (exact) mass is 940 g/mol. The molecule has 26 nitrogen and oxygen atoms in total. The average Bonchev–Trinajstić information content (AvgIpc) is 3.82. The van der Waals surface area contributed by atoms with E-state index >= 15 is 0 Å². The molecule has 9 aliphatic heterocycles. The molecule has 0 unspecified atom stereocenters. The molecule has 12 N–H and O–H groups in total. The van der Waals surface area contributed by atoms with E-state index in [4.69, 9.17) is 28.4 Å². The van der Waals surface area contributed by atoms with Gasteiger partial charge in [0.1, 0.15) is 23.0 Å². The third-order valence-corrected chi connectivity index (χ3v) is 9.34. The zero-order chi connectivity index (χ0) is 48.6. The zero-order valence-corrected chi connectivity index (χ0v) is 36.3. The highest BCUT2D eigenvalue weighted by Crippen LogP contribution is 2.30. The van der Waals surface area contributed by atoms with Crippen molar-refractivity contribution in [1.29, 1.82) is 0 Å². The lowest BCUT2D eigenvalue weighted by atomic mass is 10.2. The van der Waals surface area contributed by atoms with E-state index in [0.717, 1.165) is 0 Å². The molecule has 13 rings (SSSR count). The molecule has 0 radical (unpaired) electrons. The van der Waals surface area contributed by atoms with E-state index in [9.17, 15) is 38.4 Å². The lowest BCUT2D eigenvalue weighted by molar-refractivity contribution is -0.159. The average molecular weight is 941 g/mol. The van der Waals surface area contributed by atoms with Crippen LogP contribution in [0.1, 0.15) is 27.7 Å². The fourth-order valence-corrected chi connectivity index (χ4v) is 6.39. The molecule has 0 saturated carbocycles. The van der Waals surface area contributed by atoms with Crippen LogP contribution in [-0.4, -0.2) is 83.7 Å². The number of urea groups is 4. The number of ether oxygens (including phenoxy) is 6. The minimum absolute atomic E-state index is 0.306. The summed E-state index contributed by atoms with van der Waals surface area (Å²) in [5.41, 5.74) is 18.6. The van der Waals surface area contributed by atoms with Crippen LogP contribution in [-0.2, 0) is 38.1 Å². The number of nitrogens with one attached hydrogen (secondary N) is 12. The number of carbonyl (C=O) groups excluding carboxylic acids is 8. The predicted octanol–water partition coefficient (Wildman–Crippen LogP) is 2.64. The van der Waals surface area contributed by atoms with Gasteiger partial charge < -0.3 is 49.7 Å². The Morgan fingerprint density at radius 2 is 0.500 bits per heavy atom. The number of benzene rings is 4. The van der Waals surface area contributed by atoms with Gasteiger partial charge in [-0.1, -0.05) is 0 Å². The van der Waals surface area contributed by atoms with Crippen LogP contribution in [0.2, 0.25) is 0 Å². The topological polar surface area (TPSA) is 336 Å². The van der Waals surface area contributed by atoms with Crippen molar-refractivity contribution in [2.75, 3.05) is 21.3 Å². The molecule has 356 valence electrons. The molecule has 0 spiro atoms. The van der Waals surface area contributed by atoms with Crippen LogP contribution in [0.4, 0.5) is 41.9 Å². The van der Waals surface area contributed by atoms with Crippen LogP contribution in [0.25, 0.3) is 0 Å². The van der Waals surface area contributed by atoms with Gasteiger partial charge in [-0.2, -0.15) is 0 Å². The fraction of sp³-hybridized carbons (Fsp3) is 0.238. The number of amides is 12. The van der Waals surface area contributed by atoms with E-state index in [1.54, 1.807) is 48.5 Å². The molecular formula is C42H44N12O14. The summed E-state index contributed by atoms with van der Waals surface area (Å²) in [5.74, 6) is -5.07. The second-order valence-corrected chi connectivity index (χ2v) is 15.5. The van der Waals surface area contributed by atoms with Gasteiger partial charge in [-0.25, -0.2) is 40.9 Å². The van der Waals surface area contributed by atoms with Crippen LogP contribution in [0.3, 0.4) is 0 Å². The maximum atomic E-state index is 13.1. The van der Waals surface area contributed by atoms with Crippen molar-refractivity contribution in [1.82, 2.24) is 43.4 Å². The Morgan fingerprint density at radius 1 is 0.309 bits per heavy atom. The molecule has 9 heterocycles. The SMILES string of the molecule is CC1(C)O[C@H]2C(=O)NNC(=O)Nc3ccc(cc3)Oc3ccc(cc3)NC(=O)NNC(=O)[C@@H]3OC(C)(C)O[C@H]3C(=O)NNC(=O)Nc3ccc(cc3)Oc3ccc(cc3)NC(=O)NNC(=O)[C@@H]2O1. The van der Waals surface area contributed by atoms with Gasteiger partial charge in [0.05, 0.1) is 0 Å². The first-order valence-electron chi connectivity index (χ1n) is 20.3. The van der Waals surface area contributed by atoms with Gasteiger partial charge in [-0.15, -0.1) is 0 Å². The Labute approximate surface area is 385 Å². The van der Waals surface area contributed by atoms with Gasteiger partial charge in [0, 0.05) is 22.7 Å². The second-order valence-electron chi connectivity index (χ2n) is 15.5. The van der Waals surface area contributed by atoms with Crippen LogP contribution in [0.5, 0.6) is 23.0 Å². The summed E-state index contributed by atoms with van der Waals surface area (Å²) in [6, 6.07) is 21.1. The Bertz CT molecular complexity index is 2210. The highest BCUT2D eigenvalue weighted by molar-refractivity contribution is 5.97. The number of carbonyl (C=O) groups is 8. The Hall–Kier alpha value is -8.72. The first kappa shape index (κ1) is 47.2. The first-order chi connectivity index (χ1) is 32.4. The van der Waals surface area contributed by atoms with Crippen LogP contribution in [0.15, 0.2) is 97.1 Å².